The van der Waals surface area contributed by atoms with E-state index in [-0.39, 0.29) is 23.8 Å². The van der Waals surface area contributed by atoms with Crippen LogP contribution in [0, 0.1) is 11.8 Å². The Balaban J connectivity index is 1.58. The van der Waals surface area contributed by atoms with Crippen LogP contribution >= 0.6 is 0 Å². The molecule has 206 valence electrons. The van der Waals surface area contributed by atoms with Gasteiger partial charge in [0.15, 0.2) is 0 Å². The van der Waals surface area contributed by atoms with E-state index in [0.717, 1.165) is 33.4 Å². The minimum absolute atomic E-state index is 0.224. The number of ether oxygens (including phenoxy) is 2. The van der Waals surface area contributed by atoms with E-state index in [4.69, 9.17) is 9.47 Å². The van der Waals surface area contributed by atoms with Crippen molar-refractivity contribution in [3.63, 3.8) is 0 Å². The second-order valence-electron chi connectivity index (χ2n) is 9.93. The maximum Gasteiger partial charge on any atom is 0.309 e. The number of hydrogen-bond acceptors (Lipinski definition) is 4. The van der Waals surface area contributed by atoms with Crippen LogP contribution in [0.3, 0.4) is 0 Å². The molecule has 0 heterocycles. The number of benzene rings is 4. The van der Waals surface area contributed by atoms with Crippen molar-refractivity contribution < 1.29 is 19.1 Å². The van der Waals surface area contributed by atoms with E-state index in [1.54, 1.807) is 0 Å². The fourth-order valence-corrected chi connectivity index (χ4v) is 5.26. The molecule has 4 aromatic carbocycles. The summed E-state index contributed by atoms with van der Waals surface area (Å²) in [6, 6.07) is 36.8. The van der Waals surface area contributed by atoms with E-state index in [1.807, 2.05) is 74.5 Å². The second kappa shape index (κ2) is 14.8. The highest BCUT2D eigenvalue weighted by Gasteiger charge is 2.27. The van der Waals surface area contributed by atoms with Gasteiger partial charge in [-0.1, -0.05) is 109 Å². The number of esters is 2. The highest BCUT2D eigenvalue weighted by Crippen LogP contribution is 2.31. The summed E-state index contributed by atoms with van der Waals surface area (Å²) in [6.45, 7) is 4.30. The van der Waals surface area contributed by atoms with Gasteiger partial charge in [0, 0.05) is 0 Å². The predicted octanol–water partition coefficient (Wildman–Crippen LogP) is 7.94. The van der Waals surface area contributed by atoms with Gasteiger partial charge in [0.25, 0.3) is 0 Å². The molecule has 0 saturated heterocycles. The van der Waals surface area contributed by atoms with Gasteiger partial charge < -0.3 is 9.47 Å². The lowest BCUT2D eigenvalue weighted by atomic mass is 9.85. The normalized spacial score (nSPS) is 12.3. The first-order valence-corrected chi connectivity index (χ1v) is 14.2. The largest absolute Gasteiger partial charge is 0.466 e. The van der Waals surface area contributed by atoms with Gasteiger partial charge in [0.05, 0.1) is 25.0 Å². The molecule has 4 rings (SSSR count). The van der Waals surface area contributed by atoms with Gasteiger partial charge >= 0.3 is 11.9 Å². The van der Waals surface area contributed by atoms with Crippen LogP contribution in [0.2, 0.25) is 0 Å². The van der Waals surface area contributed by atoms with Crippen molar-refractivity contribution >= 4 is 11.9 Å². The van der Waals surface area contributed by atoms with Gasteiger partial charge in [-0.05, 0) is 72.9 Å². The summed E-state index contributed by atoms with van der Waals surface area (Å²) in [7, 11) is 0. The molecular formula is C36H38O4. The van der Waals surface area contributed by atoms with E-state index in [0.29, 0.717) is 38.9 Å². The lowest BCUT2D eigenvalue weighted by molar-refractivity contribution is -0.151. The van der Waals surface area contributed by atoms with E-state index in [9.17, 15) is 9.59 Å². The summed E-state index contributed by atoms with van der Waals surface area (Å²) < 4.78 is 11.0. The van der Waals surface area contributed by atoms with Crippen molar-refractivity contribution in [3.05, 3.63) is 120 Å². The van der Waals surface area contributed by atoms with Crippen molar-refractivity contribution in [2.24, 2.45) is 11.8 Å². The van der Waals surface area contributed by atoms with Gasteiger partial charge in [0.1, 0.15) is 0 Å². The average molecular weight is 535 g/mol. The van der Waals surface area contributed by atoms with Gasteiger partial charge in [-0.3, -0.25) is 9.59 Å². The first-order chi connectivity index (χ1) is 19.6. The van der Waals surface area contributed by atoms with Crippen LogP contribution in [0.4, 0.5) is 0 Å². The van der Waals surface area contributed by atoms with Gasteiger partial charge in [-0.25, -0.2) is 0 Å². The summed E-state index contributed by atoms with van der Waals surface area (Å²) in [5.41, 5.74) is 6.63. The minimum Gasteiger partial charge on any atom is -0.466 e. The van der Waals surface area contributed by atoms with E-state index >= 15 is 0 Å². The summed E-state index contributed by atoms with van der Waals surface area (Å²) in [5, 5.41) is 0. The average Bonchev–Trinajstić information content (AvgIpc) is 3.00. The quantitative estimate of drug-likeness (QED) is 0.163. The molecule has 0 bridgehead atoms. The Bertz CT molecular complexity index is 1260. The smallest absolute Gasteiger partial charge is 0.309 e. The summed E-state index contributed by atoms with van der Waals surface area (Å²) in [6.07, 6.45) is 2.14. The number of hydrogen-bond donors (Lipinski definition) is 0. The number of carbonyl (C=O) groups excluding carboxylic acids is 2. The Kier molecular flexibility index (Phi) is 10.7. The molecule has 0 N–H and O–H groups in total. The molecule has 4 aromatic rings. The number of rotatable bonds is 13. The predicted molar refractivity (Wildman–Crippen MR) is 161 cm³/mol. The van der Waals surface area contributed by atoms with Gasteiger partial charge in [-0.2, -0.15) is 0 Å². The standard InChI is InChI=1S/C36H38O4/c1-3-39-35(37)31(25-29-19-11-13-21-33(29)27-15-7-5-8-16-27)23-24-32(36(38)40-4-2)26-30-20-12-14-22-34(30)28-17-9-6-10-18-28/h5-22,31-32H,3-4,23-26H2,1-2H3. The van der Waals surface area contributed by atoms with Crippen molar-refractivity contribution in [1.29, 1.82) is 0 Å². The molecule has 0 amide bonds. The molecule has 0 aliphatic heterocycles. The molecule has 4 nitrogen and oxygen atoms in total. The number of carbonyl (C=O) groups is 2. The molecule has 4 heteroatoms. The SMILES string of the molecule is CCOC(=O)C(CCC(Cc1ccccc1-c1ccccc1)C(=O)OCC)Cc1ccccc1-c1ccccc1. The van der Waals surface area contributed by atoms with Crippen molar-refractivity contribution in [2.45, 2.75) is 39.5 Å². The van der Waals surface area contributed by atoms with Crippen LogP contribution in [0.25, 0.3) is 22.3 Å². The van der Waals surface area contributed by atoms with Crippen LogP contribution in [-0.2, 0) is 31.9 Å². The third kappa shape index (κ3) is 7.69. The molecule has 0 radical (unpaired) electrons. The molecule has 0 fully saturated rings. The first kappa shape index (κ1) is 28.8. The van der Waals surface area contributed by atoms with Crippen molar-refractivity contribution in [1.82, 2.24) is 0 Å². The van der Waals surface area contributed by atoms with Crippen LogP contribution in [-0.4, -0.2) is 25.2 Å². The highest BCUT2D eigenvalue weighted by molar-refractivity contribution is 5.76. The zero-order valence-electron chi connectivity index (χ0n) is 23.4. The molecule has 2 atom stereocenters. The van der Waals surface area contributed by atoms with Crippen LogP contribution in [0.1, 0.15) is 37.8 Å². The molecule has 40 heavy (non-hydrogen) atoms. The molecular weight excluding hydrogens is 496 g/mol. The first-order valence-electron chi connectivity index (χ1n) is 14.2. The van der Waals surface area contributed by atoms with E-state index < -0.39 is 0 Å². The van der Waals surface area contributed by atoms with Crippen molar-refractivity contribution in [2.75, 3.05) is 13.2 Å². The highest BCUT2D eigenvalue weighted by atomic mass is 16.5. The lowest BCUT2D eigenvalue weighted by Gasteiger charge is -2.22. The molecule has 0 aliphatic carbocycles. The zero-order chi connectivity index (χ0) is 28.2. The summed E-state index contributed by atoms with van der Waals surface area (Å²) in [5.74, 6) is -1.19. The monoisotopic (exact) mass is 534 g/mol. The van der Waals surface area contributed by atoms with Gasteiger partial charge in [-0.15, -0.1) is 0 Å². The third-order valence-corrected chi connectivity index (χ3v) is 7.24. The van der Waals surface area contributed by atoms with Crippen LogP contribution in [0.15, 0.2) is 109 Å². The van der Waals surface area contributed by atoms with E-state index in [1.165, 1.54) is 0 Å². The molecule has 0 spiro atoms. The second-order valence-corrected chi connectivity index (χ2v) is 9.93. The Morgan fingerprint density at radius 1 is 0.525 bits per heavy atom. The molecule has 0 aromatic heterocycles. The summed E-state index contributed by atoms with van der Waals surface area (Å²) in [4.78, 5) is 26.3. The maximum absolute atomic E-state index is 13.2. The summed E-state index contributed by atoms with van der Waals surface area (Å²) >= 11 is 0. The molecule has 0 aliphatic rings. The van der Waals surface area contributed by atoms with Crippen LogP contribution < -0.4 is 0 Å². The Morgan fingerprint density at radius 2 is 0.875 bits per heavy atom. The van der Waals surface area contributed by atoms with E-state index in [2.05, 4.69) is 48.5 Å². The topological polar surface area (TPSA) is 52.6 Å². The third-order valence-electron chi connectivity index (χ3n) is 7.24. The van der Waals surface area contributed by atoms with Crippen molar-refractivity contribution in [3.8, 4) is 22.3 Å². The van der Waals surface area contributed by atoms with Crippen LogP contribution in [0.5, 0.6) is 0 Å². The Morgan fingerprint density at radius 3 is 1.25 bits per heavy atom. The lowest BCUT2D eigenvalue weighted by Crippen LogP contribution is -2.25. The molecule has 0 saturated carbocycles. The van der Waals surface area contributed by atoms with Gasteiger partial charge in [0.2, 0.25) is 0 Å². The maximum atomic E-state index is 13.2. The Labute approximate surface area is 238 Å². The Hall–Kier alpha value is -4.18. The minimum atomic E-state index is -0.369. The zero-order valence-corrected chi connectivity index (χ0v) is 23.4. The fraction of sp³-hybridized carbons (Fsp3) is 0.278. The molecule has 2 unspecified atom stereocenters. The fourth-order valence-electron chi connectivity index (χ4n) is 5.26.